The minimum atomic E-state index is -0.0570. The Morgan fingerprint density at radius 3 is 2.35 bits per heavy atom. The molecule has 1 aliphatic rings. The molecule has 0 N–H and O–H groups in total. The maximum Gasteiger partial charge on any atom is 0.239 e. The van der Waals surface area contributed by atoms with Gasteiger partial charge in [0.1, 0.15) is 0 Å². The summed E-state index contributed by atoms with van der Waals surface area (Å²) in [4.78, 5) is 18.2. The lowest BCUT2D eigenvalue weighted by Crippen LogP contribution is -2.53. The lowest BCUT2D eigenvalue weighted by Gasteiger charge is -2.39. The lowest BCUT2D eigenvalue weighted by molar-refractivity contribution is -0.133. The van der Waals surface area contributed by atoms with Crippen LogP contribution in [0, 0.1) is 0 Å². The number of hydrogen-bond donors (Lipinski definition) is 0. The van der Waals surface area contributed by atoms with Crippen LogP contribution in [0.3, 0.4) is 0 Å². The van der Waals surface area contributed by atoms with E-state index < -0.39 is 0 Å². The Hall–Kier alpha value is -1.26. The van der Waals surface area contributed by atoms with Crippen LogP contribution in [0.15, 0.2) is 24.3 Å². The Morgan fingerprint density at radius 1 is 1.20 bits per heavy atom. The Bertz CT molecular complexity index is 470. The SMILES string of the molecule is C[C@@H](C(=O)N(C)C)N1CCN(c2ccccc2Cl)CC1. The topological polar surface area (TPSA) is 26.8 Å². The van der Waals surface area contributed by atoms with Gasteiger partial charge in [0, 0.05) is 40.3 Å². The van der Waals surface area contributed by atoms with E-state index in [2.05, 4.69) is 9.80 Å². The molecule has 0 saturated carbocycles. The minimum Gasteiger partial charge on any atom is -0.368 e. The van der Waals surface area contributed by atoms with Gasteiger partial charge >= 0.3 is 0 Å². The second-order valence-corrected chi connectivity index (χ2v) is 5.79. The number of rotatable bonds is 3. The van der Waals surface area contributed by atoms with Crippen LogP contribution in [0.1, 0.15) is 6.92 Å². The van der Waals surface area contributed by atoms with Crippen molar-refractivity contribution >= 4 is 23.2 Å². The molecule has 0 unspecified atom stereocenters. The summed E-state index contributed by atoms with van der Waals surface area (Å²) in [5.74, 6) is 0.163. The van der Waals surface area contributed by atoms with E-state index in [0.717, 1.165) is 36.9 Å². The zero-order chi connectivity index (χ0) is 14.7. The molecule has 1 atom stereocenters. The standard InChI is InChI=1S/C15H22ClN3O/c1-12(15(20)17(2)3)18-8-10-19(11-9-18)14-7-5-4-6-13(14)16/h4-7,12H,8-11H2,1-3H3/t12-/m0/s1. The number of para-hydroxylation sites is 1. The summed E-state index contributed by atoms with van der Waals surface area (Å²) in [6.07, 6.45) is 0. The highest BCUT2D eigenvalue weighted by Gasteiger charge is 2.26. The van der Waals surface area contributed by atoms with E-state index in [0.29, 0.717) is 0 Å². The normalized spacial score (nSPS) is 17.9. The number of hydrogen-bond acceptors (Lipinski definition) is 3. The number of nitrogens with zero attached hydrogens (tertiary/aromatic N) is 3. The van der Waals surface area contributed by atoms with Crippen molar-refractivity contribution in [3.05, 3.63) is 29.3 Å². The Balaban J connectivity index is 1.96. The van der Waals surface area contributed by atoms with E-state index in [-0.39, 0.29) is 11.9 Å². The highest BCUT2D eigenvalue weighted by atomic mass is 35.5. The zero-order valence-electron chi connectivity index (χ0n) is 12.3. The quantitative estimate of drug-likeness (QED) is 0.853. The van der Waals surface area contributed by atoms with Gasteiger partial charge in [-0.1, -0.05) is 23.7 Å². The third-order valence-electron chi connectivity index (χ3n) is 3.85. The predicted molar refractivity (Wildman–Crippen MR) is 83.4 cm³/mol. The van der Waals surface area contributed by atoms with Crippen molar-refractivity contribution in [1.82, 2.24) is 9.80 Å². The smallest absolute Gasteiger partial charge is 0.239 e. The molecule has 20 heavy (non-hydrogen) atoms. The summed E-state index contributed by atoms with van der Waals surface area (Å²) in [6.45, 7) is 5.54. The van der Waals surface area contributed by atoms with Crippen LogP contribution in [0.5, 0.6) is 0 Å². The molecule has 1 saturated heterocycles. The molecule has 5 heteroatoms. The average Bonchev–Trinajstić information content (AvgIpc) is 2.46. The van der Waals surface area contributed by atoms with Gasteiger partial charge in [0.15, 0.2) is 0 Å². The van der Waals surface area contributed by atoms with Gasteiger partial charge in [0.05, 0.1) is 16.8 Å². The fraction of sp³-hybridized carbons (Fsp3) is 0.533. The van der Waals surface area contributed by atoms with Gasteiger partial charge in [-0.15, -0.1) is 0 Å². The number of carbonyl (C=O) groups is 1. The first-order valence-corrected chi connectivity index (χ1v) is 7.33. The maximum atomic E-state index is 12.0. The lowest BCUT2D eigenvalue weighted by atomic mass is 10.2. The zero-order valence-corrected chi connectivity index (χ0v) is 13.1. The average molecular weight is 296 g/mol. The van der Waals surface area contributed by atoms with Crippen LogP contribution < -0.4 is 4.90 Å². The van der Waals surface area contributed by atoms with Crippen molar-refractivity contribution in [2.75, 3.05) is 45.2 Å². The number of benzene rings is 1. The number of likely N-dealkylation sites (N-methyl/N-ethyl adjacent to an activating group) is 1. The fourth-order valence-corrected chi connectivity index (χ4v) is 2.84. The van der Waals surface area contributed by atoms with E-state index in [4.69, 9.17) is 11.6 Å². The molecular weight excluding hydrogens is 274 g/mol. The van der Waals surface area contributed by atoms with E-state index in [1.807, 2.05) is 31.2 Å². The second-order valence-electron chi connectivity index (χ2n) is 5.38. The highest BCUT2D eigenvalue weighted by molar-refractivity contribution is 6.33. The molecular formula is C15H22ClN3O. The van der Waals surface area contributed by atoms with Gasteiger partial charge in [0.2, 0.25) is 5.91 Å². The van der Waals surface area contributed by atoms with Crippen molar-refractivity contribution in [2.45, 2.75) is 13.0 Å². The van der Waals surface area contributed by atoms with Crippen molar-refractivity contribution in [3.63, 3.8) is 0 Å². The molecule has 1 amide bonds. The van der Waals surface area contributed by atoms with Crippen LogP contribution in [0.2, 0.25) is 5.02 Å². The molecule has 0 bridgehead atoms. The predicted octanol–water partition coefficient (Wildman–Crippen LogP) is 1.94. The number of piperazine rings is 1. The van der Waals surface area contributed by atoms with Crippen molar-refractivity contribution in [1.29, 1.82) is 0 Å². The van der Waals surface area contributed by atoms with Gasteiger partial charge in [0.25, 0.3) is 0 Å². The molecule has 1 heterocycles. The first-order valence-electron chi connectivity index (χ1n) is 6.95. The third kappa shape index (κ3) is 3.25. The Labute approximate surface area is 125 Å². The molecule has 0 aliphatic carbocycles. The van der Waals surface area contributed by atoms with Crippen molar-refractivity contribution < 1.29 is 4.79 Å². The summed E-state index contributed by atoms with van der Waals surface area (Å²) in [5.41, 5.74) is 1.08. The van der Waals surface area contributed by atoms with Crippen LogP contribution >= 0.6 is 11.6 Å². The van der Waals surface area contributed by atoms with Gasteiger partial charge < -0.3 is 9.80 Å². The van der Waals surface area contributed by atoms with Crippen molar-refractivity contribution in [3.8, 4) is 0 Å². The number of halogens is 1. The Morgan fingerprint density at radius 2 is 1.80 bits per heavy atom. The molecule has 1 aliphatic heterocycles. The highest BCUT2D eigenvalue weighted by Crippen LogP contribution is 2.26. The first-order chi connectivity index (χ1) is 9.50. The van der Waals surface area contributed by atoms with Crippen molar-refractivity contribution in [2.24, 2.45) is 0 Å². The van der Waals surface area contributed by atoms with Gasteiger partial charge in [-0.2, -0.15) is 0 Å². The minimum absolute atomic E-state index is 0.0570. The molecule has 0 aromatic heterocycles. The monoisotopic (exact) mass is 295 g/mol. The van der Waals surface area contributed by atoms with Crippen LogP contribution in [0.4, 0.5) is 5.69 Å². The second kappa shape index (κ2) is 6.46. The summed E-state index contributed by atoms with van der Waals surface area (Å²) in [6, 6.07) is 7.86. The van der Waals surface area contributed by atoms with Crippen LogP contribution in [-0.4, -0.2) is 62.0 Å². The molecule has 0 radical (unpaired) electrons. The summed E-state index contributed by atoms with van der Waals surface area (Å²) in [7, 11) is 3.61. The number of amides is 1. The van der Waals surface area contributed by atoms with Crippen LogP contribution in [0.25, 0.3) is 0 Å². The van der Waals surface area contributed by atoms with Gasteiger partial charge in [-0.3, -0.25) is 9.69 Å². The molecule has 4 nitrogen and oxygen atoms in total. The van der Waals surface area contributed by atoms with Gasteiger partial charge in [-0.05, 0) is 19.1 Å². The third-order valence-corrected chi connectivity index (χ3v) is 4.17. The van der Waals surface area contributed by atoms with Gasteiger partial charge in [-0.25, -0.2) is 0 Å². The largest absolute Gasteiger partial charge is 0.368 e. The fourth-order valence-electron chi connectivity index (χ4n) is 2.59. The summed E-state index contributed by atoms with van der Waals surface area (Å²) in [5, 5.41) is 0.790. The van der Waals surface area contributed by atoms with E-state index in [9.17, 15) is 4.79 Å². The van der Waals surface area contributed by atoms with Crippen LogP contribution in [-0.2, 0) is 4.79 Å². The number of anilines is 1. The molecule has 1 aromatic rings. The first kappa shape index (κ1) is 15.1. The molecule has 0 spiro atoms. The van der Waals surface area contributed by atoms with E-state index in [1.165, 1.54) is 0 Å². The molecule has 1 fully saturated rings. The van der Waals surface area contributed by atoms with E-state index in [1.54, 1.807) is 19.0 Å². The molecule has 1 aromatic carbocycles. The summed E-state index contributed by atoms with van der Waals surface area (Å²) < 4.78 is 0. The van der Waals surface area contributed by atoms with E-state index >= 15 is 0 Å². The molecule has 110 valence electrons. The Kier molecular flexibility index (Phi) is 4.89. The maximum absolute atomic E-state index is 12.0. The summed E-state index contributed by atoms with van der Waals surface area (Å²) >= 11 is 6.23. The molecule has 2 rings (SSSR count). The number of carbonyl (C=O) groups excluding carboxylic acids is 1.